The van der Waals surface area contributed by atoms with Crippen molar-refractivity contribution in [1.29, 1.82) is 0 Å². The van der Waals surface area contributed by atoms with Crippen molar-refractivity contribution in [2.75, 3.05) is 53.0 Å². The minimum atomic E-state index is 0. The zero-order valence-corrected chi connectivity index (χ0v) is 19.5. The molecule has 0 aromatic rings. The van der Waals surface area contributed by atoms with Gasteiger partial charge < -0.3 is 20.3 Å². The molecule has 0 bridgehead atoms. The second-order valence-electron chi connectivity index (χ2n) is 7.92. The van der Waals surface area contributed by atoms with Crippen LogP contribution >= 0.6 is 24.0 Å². The Bertz CT molecular complexity index is 399. The minimum absolute atomic E-state index is 0. The molecule has 154 valence electrons. The maximum atomic E-state index is 5.62. The average Bonchev–Trinajstić information content (AvgIpc) is 3.26. The summed E-state index contributed by atoms with van der Waals surface area (Å²) in [7, 11) is 1.88. The summed E-state index contributed by atoms with van der Waals surface area (Å²) in [6, 6.07) is 0. The van der Waals surface area contributed by atoms with Crippen molar-refractivity contribution in [2.45, 2.75) is 58.8 Å². The predicted octanol–water partition coefficient (Wildman–Crippen LogP) is 3.49. The number of nitrogens with zero attached hydrogens (tertiary/aromatic N) is 2. The first-order valence-corrected chi connectivity index (χ1v) is 10.5. The van der Waals surface area contributed by atoms with Crippen molar-refractivity contribution in [2.24, 2.45) is 16.3 Å². The van der Waals surface area contributed by atoms with Gasteiger partial charge in [-0.05, 0) is 63.5 Å². The number of rotatable bonds is 10. The highest BCUT2D eigenvalue weighted by molar-refractivity contribution is 14.0. The number of likely N-dealkylation sites (tertiary alicyclic amines) is 1. The molecule has 1 aliphatic heterocycles. The summed E-state index contributed by atoms with van der Waals surface area (Å²) < 4.78 is 5.62. The lowest BCUT2D eigenvalue weighted by Crippen LogP contribution is -2.45. The maximum absolute atomic E-state index is 5.62. The van der Waals surface area contributed by atoms with Gasteiger partial charge in [0, 0.05) is 39.9 Å². The van der Waals surface area contributed by atoms with E-state index in [0.717, 1.165) is 38.2 Å². The summed E-state index contributed by atoms with van der Waals surface area (Å²) in [5, 5.41) is 7.17. The molecule has 0 amide bonds. The third-order valence-corrected chi connectivity index (χ3v) is 5.97. The average molecular weight is 480 g/mol. The SMILES string of the molecule is CCCN1CCC(CNC(=NC)NCC2(CCOCC)CCCC2)C1.I. The van der Waals surface area contributed by atoms with E-state index in [1.807, 2.05) is 7.05 Å². The Balaban J connectivity index is 0.00000338. The fraction of sp³-hybridized carbons (Fsp3) is 0.950. The number of ether oxygens (including phenoxy) is 1. The molecular formula is C20H41IN4O. The lowest BCUT2D eigenvalue weighted by atomic mass is 9.83. The maximum Gasteiger partial charge on any atom is 0.191 e. The third-order valence-electron chi connectivity index (χ3n) is 5.97. The summed E-state index contributed by atoms with van der Waals surface area (Å²) in [4.78, 5) is 7.03. The fourth-order valence-corrected chi connectivity index (χ4v) is 4.40. The molecule has 2 fully saturated rings. The molecule has 1 saturated heterocycles. The normalized spacial score (nSPS) is 23.0. The number of aliphatic imine (C=N–C) groups is 1. The number of hydrogen-bond donors (Lipinski definition) is 2. The first-order chi connectivity index (χ1) is 12.2. The Labute approximate surface area is 178 Å². The van der Waals surface area contributed by atoms with Crippen molar-refractivity contribution >= 4 is 29.9 Å². The summed E-state index contributed by atoms with van der Waals surface area (Å²) in [6.07, 6.45) is 9.08. The Morgan fingerprint density at radius 3 is 2.65 bits per heavy atom. The van der Waals surface area contributed by atoms with Gasteiger partial charge in [0.15, 0.2) is 5.96 Å². The highest BCUT2D eigenvalue weighted by Gasteiger charge is 2.33. The van der Waals surface area contributed by atoms with E-state index >= 15 is 0 Å². The molecule has 1 unspecified atom stereocenters. The highest BCUT2D eigenvalue weighted by Crippen LogP contribution is 2.40. The Morgan fingerprint density at radius 2 is 2.00 bits per heavy atom. The van der Waals surface area contributed by atoms with Crippen LogP contribution in [0.15, 0.2) is 4.99 Å². The smallest absolute Gasteiger partial charge is 0.191 e. The van der Waals surface area contributed by atoms with Crippen LogP contribution < -0.4 is 10.6 Å². The van der Waals surface area contributed by atoms with Gasteiger partial charge in [-0.1, -0.05) is 19.8 Å². The van der Waals surface area contributed by atoms with Gasteiger partial charge in [0.05, 0.1) is 0 Å². The Hall–Kier alpha value is -0.0800. The van der Waals surface area contributed by atoms with Crippen LogP contribution in [-0.4, -0.2) is 63.8 Å². The van der Waals surface area contributed by atoms with Crippen molar-refractivity contribution < 1.29 is 4.74 Å². The Kier molecular flexibility index (Phi) is 12.1. The van der Waals surface area contributed by atoms with Gasteiger partial charge >= 0.3 is 0 Å². The van der Waals surface area contributed by atoms with Crippen molar-refractivity contribution in [3.63, 3.8) is 0 Å². The highest BCUT2D eigenvalue weighted by atomic mass is 127. The monoisotopic (exact) mass is 480 g/mol. The predicted molar refractivity (Wildman–Crippen MR) is 122 cm³/mol. The van der Waals surface area contributed by atoms with Gasteiger partial charge in [0.1, 0.15) is 0 Å². The van der Waals surface area contributed by atoms with E-state index < -0.39 is 0 Å². The van der Waals surface area contributed by atoms with Crippen LogP contribution in [-0.2, 0) is 4.74 Å². The van der Waals surface area contributed by atoms with Crippen LogP contribution in [0.25, 0.3) is 0 Å². The van der Waals surface area contributed by atoms with Crippen molar-refractivity contribution in [3.8, 4) is 0 Å². The zero-order valence-electron chi connectivity index (χ0n) is 17.2. The summed E-state index contributed by atoms with van der Waals surface area (Å²) in [5.74, 6) is 1.72. The third kappa shape index (κ3) is 7.89. The molecule has 1 aliphatic carbocycles. The number of nitrogens with one attached hydrogen (secondary N) is 2. The first-order valence-electron chi connectivity index (χ1n) is 10.5. The van der Waals surface area contributed by atoms with Gasteiger partial charge in [0.2, 0.25) is 0 Å². The van der Waals surface area contributed by atoms with E-state index in [1.54, 1.807) is 0 Å². The molecule has 2 N–H and O–H groups in total. The fourth-order valence-electron chi connectivity index (χ4n) is 4.40. The number of halogens is 1. The Morgan fingerprint density at radius 1 is 1.23 bits per heavy atom. The van der Waals surface area contributed by atoms with Crippen LogP contribution in [0.4, 0.5) is 0 Å². The summed E-state index contributed by atoms with van der Waals surface area (Å²) >= 11 is 0. The van der Waals surface area contributed by atoms with Crippen LogP contribution in [0.3, 0.4) is 0 Å². The number of guanidine groups is 1. The van der Waals surface area contributed by atoms with Gasteiger partial charge in [-0.15, -0.1) is 24.0 Å². The second-order valence-corrected chi connectivity index (χ2v) is 7.92. The van der Waals surface area contributed by atoms with E-state index in [4.69, 9.17) is 4.74 Å². The molecule has 0 spiro atoms. The van der Waals surface area contributed by atoms with E-state index in [-0.39, 0.29) is 24.0 Å². The van der Waals surface area contributed by atoms with E-state index in [2.05, 4.69) is 34.4 Å². The molecule has 2 aliphatic rings. The minimum Gasteiger partial charge on any atom is -0.382 e. The van der Waals surface area contributed by atoms with Gasteiger partial charge in [-0.2, -0.15) is 0 Å². The lowest BCUT2D eigenvalue weighted by Gasteiger charge is -2.30. The van der Waals surface area contributed by atoms with E-state index in [0.29, 0.717) is 5.41 Å². The molecule has 1 saturated carbocycles. The zero-order chi connectivity index (χ0) is 18.0. The van der Waals surface area contributed by atoms with Gasteiger partial charge in [-0.25, -0.2) is 0 Å². The van der Waals surface area contributed by atoms with E-state index in [9.17, 15) is 0 Å². The van der Waals surface area contributed by atoms with Crippen LogP contribution in [0, 0.1) is 11.3 Å². The molecule has 2 rings (SSSR count). The van der Waals surface area contributed by atoms with E-state index in [1.165, 1.54) is 64.6 Å². The van der Waals surface area contributed by atoms with Crippen LogP contribution in [0.1, 0.15) is 58.8 Å². The van der Waals surface area contributed by atoms with Gasteiger partial charge in [-0.3, -0.25) is 4.99 Å². The van der Waals surface area contributed by atoms with Crippen molar-refractivity contribution in [3.05, 3.63) is 0 Å². The molecule has 5 nitrogen and oxygen atoms in total. The van der Waals surface area contributed by atoms with Crippen LogP contribution in [0.2, 0.25) is 0 Å². The number of hydrogen-bond acceptors (Lipinski definition) is 3. The molecule has 0 aromatic carbocycles. The standard InChI is InChI=1S/C20H40N4O.HI/c1-4-12-24-13-8-18(16-24)15-22-19(21-3)23-17-20(9-6-7-10-20)11-14-25-5-2;/h18H,4-17H2,1-3H3,(H2,21,22,23);1H. The van der Waals surface area contributed by atoms with Gasteiger partial charge in [0.25, 0.3) is 0 Å². The first kappa shape index (κ1) is 24.0. The topological polar surface area (TPSA) is 48.9 Å². The summed E-state index contributed by atoms with van der Waals surface area (Å²) in [5.41, 5.74) is 0.401. The molecule has 6 heteroatoms. The lowest BCUT2D eigenvalue weighted by molar-refractivity contribution is 0.105. The summed E-state index contributed by atoms with van der Waals surface area (Å²) in [6.45, 7) is 11.8. The molecular weight excluding hydrogens is 439 g/mol. The molecule has 26 heavy (non-hydrogen) atoms. The largest absolute Gasteiger partial charge is 0.382 e. The van der Waals surface area contributed by atoms with Crippen molar-refractivity contribution in [1.82, 2.24) is 15.5 Å². The molecule has 1 heterocycles. The van der Waals surface area contributed by atoms with Crippen LogP contribution in [0.5, 0.6) is 0 Å². The second kappa shape index (κ2) is 13.2. The molecule has 0 aromatic heterocycles. The molecule has 1 atom stereocenters. The molecule has 0 radical (unpaired) electrons. The quantitative estimate of drug-likeness (QED) is 0.218.